The van der Waals surface area contributed by atoms with E-state index in [9.17, 15) is 0 Å². The molecule has 0 N–H and O–H groups in total. The number of hydrogen-bond donors (Lipinski definition) is 0. The second-order valence-corrected chi connectivity index (χ2v) is 3.59. The summed E-state index contributed by atoms with van der Waals surface area (Å²) in [6, 6.07) is 6.28. The van der Waals surface area contributed by atoms with Crippen molar-refractivity contribution in [1.29, 1.82) is 0 Å². The Morgan fingerprint density at radius 2 is 2.27 bits per heavy atom. The van der Waals surface area contributed by atoms with Gasteiger partial charge in [-0.05, 0) is 40.4 Å². The van der Waals surface area contributed by atoms with E-state index in [-0.39, 0.29) is 0 Å². The van der Waals surface area contributed by atoms with E-state index in [2.05, 4.69) is 33.4 Å². The molecule has 1 nitrogen and oxygen atoms in total. The van der Waals surface area contributed by atoms with E-state index >= 15 is 0 Å². The number of benzene rings is 1. The van der Waals surface area contributed by atoms with Crippen LogP contribution in [0.4, 0.5) is 5.69 Å². The summed E-state index contributed by atoms with van der Waals surface area (Å²) >= 11 is 3.49. The molecular formula is C9H9BrN. The van der Waals surface area contributed by atoms with Crippen molar-refractivity contribution in [3.05, 3.63) is 28.2 Å². The maximum Gasteiger partial charge on any atom is 0.0748 e. The minimum absolute atomic E-state index is 0.982. The fraction of sp³-hybridized carbons (Fsp3) is 0.333. The Morgan fingerprint density at radius 1 is 1.36 bits per heavy atom. The van der Waals surface area contributed by atoms with E-state index < -0.39 is 0 Å². The highest BCUT2D eigenvalue weighted by Gasteiger charge is 2.11. The number of para-hydroxylation sites is 1. The van der Waals surface area contributed by atoms with Crippen molar-refractivity contribution in [2.24, 2.45) is 0 Å². The Kier molecular flexibility index (Phi) is 1.86. The summed E-state index contributed by atoms with van der Waals surface area (Å²) in [5, 5.41) is 4.45. The Morgan fingerprint density at radius 3 is 3.09 bits per heavy atom. The third-order valence-electron chi connectivity index (χ3n) is 1.94. The van der Waals surface area contributed by atoms with Gasteiger partial charge in [-0.1, -0.05) is 12.1 Å². The molecule has 0 amide bonds. The fourth-order valence-electron chi connectivity index (χ4n) is 1.40. The van der Waals surface area contributed by atoms with Crippen LogP contribution in [0.25, 0.3) is 0 Å². The molecule has 57 valence electrons. The summed E-state index contributed by atoms with van der Waals surface area (Å²) in [5.74, 6) is 0. The lowest BCUT2D eigenvalue weighted by atomic mass is 10.0. The van der Waals surface area contributed by atoms with Gasteiger partial charge in [0.1, 0.15) is 0 Å². The monoisotopic (exact) mass is 210 g/mol. The standard InChI is InChI=1S/C9H9BrN/c10-8-5-1-3-7-4-2-6-11-9(7)8/h1,3,5H,2,4,6H2. The first kappa shape index (κ1) is 7.17. The topological polar surface area (TPSA) is 14.1 Å². The molecule has 0 saturated carbocycles. The maximum atomic E-state index is 4.45. The molecule has 0 saturated heterocycles. The van der Waals surface area contributed by atoms with Gasteiger partial charge < -0.3 is 0 Å². The number of hydrogen-bond acceptors (Lipinski definition) is 0. The molecule has 0 fully saturated rings. The smallest absolute Gasteiger partial charge is 0.0748 e. The molecule has 0 bridgehead atoms. The first-order valence-corrected chi connectivity index (χ1v) is 4.62. The van der Waals surface area contributed by atoms with E-state index in [1.165, 1.54) is 24.1 Å². The highest BCUT2D eigenvalue weighted by atomic mass is 79.9. The highest BCUT2D eigenvalue weighted by Crippen LogP contribution is 2.29. The maximum absolute atomic E-state index is 4.45. The van der Waals surface area contributed by atoms with E-state index in [1.54, 1.807) is 0 Å². The SMILES string of the molecule is Brc1cccc2c1[N]CCC2. The van der Waals surface area contributed by atoms with Crippen molar-refractivity contribution in [2.75, 3.05) is 6.54 Å². The molecule has 0 spiro atoms. The third kappa shape index (κ3) is 1.27. The van der Waals surface area contributed by atoms with Crippen molar-refractivity contribution in [2.45, 2.75) is 12.8 Å². The lowest BCUT2D eigenvalue weighted by molar-refractivity contribution is 0.702. The molecule has 1 aliphatic rings. The molecule has 0 aliphatic carbocycles. The van der Waals surface area contributed by atoms with E-state index in [4.69, 9.17) is 0 Å². The molecule has 0 atom stereocenters. The predicted molar refractivity (Wildman–Crippen MR) is 49.1 cm³/mol. The Hall–Kier alpha value is -0.500. The summed E-state index contributed by atoms with van der Waals surface area (Å²) in [6.45, 7) is 0.982. The second-order valence-electron chi connectivity index (χ2n) is 2.73. The Labute approximate surface area is 74.9 Å². The lowest BCUT2D eigenvalue weighted by Crippen LogP contribution is -2.10. The zero-order chi connectivity index (χ0) is 7.68. The molecule has 0 aromatic heterocycles. The molecule has 1 radical (unpaired) electrons. The zero-order valence-electron chi connectivity index (χ0n) is 6.18. The summed E-state index contributed by atoms with van der Waals surface area (Å²) in [6.07, 6.45) is 2.38. The van der Waals surface area contributed by atoms with Gasteiger partial charge >= 0.3 is 0 Å². The first-order chi connectivity index (χ1) is 5.38. The minimum atomic E-state index is 0.982. The predicted octanol–water partition coefficient (Wildman–Crippen LogP) is 2.63. The summed E-state index contributed by atoms with van der Waals surface area (Å²) in [5.41, 5.74) is 2.55. The normalized spacial score (nSPS) is 15.4. The number of aryl methyl sites for hydroxylation is 1. The second kappa shape index (κ2) is 2.86. The van der Waals surface area contributed by atoms with Crippen LogP contribution in [0, 0.1) is 0 Å². The van der Waals surface area contributed by atoms with Crippen molar-refractivity contribution in [1.82, 2.24) is 5.32 Å². The molecular weight excluding hydrogens is 202 g/mol. The number of halogens is 1. The van der Waals surface area contributed by atoms with Crippen molar-refractivity contribution in [3.8, 4) is 0 Å². The van der Waals surface area contributed by atoms with Crippen LogP contribution in [0.15, 0.2) is 22.7 Å². The van der Waals surface area contributed by atoms with Gasteiger partial charge in [-0.25, -0.2) is 0 Å². The van der Waals surface area contributed by atoms with Crippen LogP contribution in [0.5, 0.6) is 0 Å². The largest absolute Gasteiger partial charge is 0.284 e. The highest BCUT2D eigenvalue weighted by molar-refractivity contribution is 9.10. The quantitative estimate of drug-likeness (QED) is 0.626. The summed E-state index contributed by atoms with van der Waals surface area (Å²) in [7, 11) is 0. The Bertz CT molecular complexity index is 270. The number of rotatable bonds is 0. The molecule has 0 unspecified atom stereocenters. The number of fused-ring (bicyclic) bond motifs is 1. The van der Waals surface area contributed by atoms with E-state index in [0.717, 1.165) is 11.0 Å². The van der Waals surface area contributed by atoms with Crippen LogP contribution in [-0.2, 0) is 6.42 Å². The van der Waals surface area contributed by atoms with Gasteiger partial charge in [-0.3, -0.25) is 5.32 Å². The molecule has 1 aliphatic heterocycles. The van der Waals surface area contributed by atoms with E-state index in [0.29, 0.717) is 0 Å². The first-order valence-electron chi connectivity index (χ1n) is 3.83. The van der Waals surface area contributed by atoms with Crippen molar-refractivity contribution >= 4 is 21.6 Å². The minimum Gasteiger partial charge on any atom is -0.284 e. The molecule has 11 heavy (non-hydrogen) atoms. The molecule has 1 aromatic rings. The average molecular weight is 211 g/mol. The molecule has 1 heterocycles. The zero-order valence-corrected chi connectivity index (χ0v) is 7.76. The van der Waals surface area contributed by atoms with Gasteiger partial charge in [0.2, 0.25) is 0 Å². The van der Waals surface area contributed by atoms with Crippen LogP contribution < -0.4 is 5.32 Å². The Balaban J connectivity index is 2.49. The number of nitrogens with zero attached hydrogens (tertiary/aromatic N) is 1. The van der Waals surface area contributed by atoms with Gasteiger partial charge in [-0.2, -0.15) is 0 Å². The average Bonchev–Trinajstić information content (AvgIpc) is 2.06. The van der Waals surface area contributed by atoms with Crippen LogP contribution in [0.2, 0.25) is 0 Å². The molecule has 2 rings (SSSR count). The summed E-state index contributed by atoms with van der Waals surface area (Å²) in [4.78, 5) is 0. The van der Waals surface area contributed by atoms with E-state index in [1.807, 2.05) is 6.07 Å². The lowest BCUT2D eigenvalue weighted by Gasteiger charge is -2.16. The van der Waals surface area contributed by atoms with Gasteiger partial charge in [-0.15, -0.1) is 0 Å². The van der Waals surface area contributed by atoms with Crippen molar-refractivity contribution in [3.63, 3.8) is 0 Å². The van der Waals surface area contributed by atoms with Gasteiger partial charge in [0.15, 0.2) is 0 Å². The van der Waals surface area contributed by atoms with Crippen LogP contribution >= 0.6 is 15.9 Å². The van der Waals surface area contributed by atoms with Gasteiger partial charge in [0.25, 0.3) is 0 Å². The van der Waals surface area contributed by atoms with Crippen LogP contribution in [0.1, 0.15) is 12.0 Å². The van der Waals surface area contributed by atoms with Crippen LogP contribution in [-0.4, -0.2) is 6.54 Å². The summed E-state index contributed by atoms with van der Waals surface area (Å²) < 4.78 is 1.13. The van der Waals surface area contributed by atoms with Gasteiger partial charge in [0.05, 0.1) is 5.69 Å². The molecule has 2 heteroatoms. The third-order valence-corrected chi connectivity index (χ3v) is 2.58. The molecule has 1 aromatic carbocycles. The van der Waals surface area contributed by atoms with Crippen molar-refractivity contribution < 1.29 is 0 Å². The van der Waals surface area contributed by atoms with Gasteiger partial charge in [0, 0.05) is 11.0 Å². The fourth-order valence-corrected chi connectivity index (χ4v) is 1.93. The van der Waals surface area contributed by atoms with Crippen LogP contribution in [0.3, 0.4) is 0 Å².